The Labute approximate surface area is 97.4 Å². The quantitative estimate of drug-likeness (QED) is 0.744. The molecule has 1 heterocycles. The molecule has 0 radical (unpaired) electrons. The monoisotopic (exact) mass is 255 g/mol. The summed E-state index contributed by atoms with van der Waals surface area (Å²) in [6.07, 6.45) is -1.57. The van der Waals surface area contributed by atoms with E-state index in [9.17, 15) is 18.0 Å². The van der Waals surface area contributed by atoms with Gasteiger partial charge in [0.25, 0.3) is 5.91 Å². The number of imide groups is 1. The van der Waals surface area contributed by atoms with Gasteiger partial charge in [0, 0.05) is 0 Å². The highest BCUT2D eigenvalue weighted by molar-refractivity contribution is 7.92. The van der Waals surface area contributed by atoms with E-state index >= 15 is 0 Å². The highest BCUT2D eigenvalue weighted by Gasteiger charge is 2.43. The molecule has 0 spiro atoms. The average molecular weight is 255 g/mol. The van der Waals surface area contributed by atoms with Crippen LogP contribution in [0, 0.1) is 0 Å². The molecule has 0 aromatic heterocycles. The Bertz CT molecular complexity index is 607. The van der Waals surface area contributed by atoms with Crippen LogP contribution in [0.2, 0.25) is 0 Å². The summed E-state index contributed by atoms with van der Waals surface area (Å²) in [5, 5.41) is 7.48. The number of sulfone groups is 1. The molecule has 0 aliphatic carbocycles. The molecular weight excluding hydrogens is 246 g/mol. The van der Waals surface area contributed by atoms with Crippen molar-refractivity contribution in [2.45, 2.75) is 17.2 Å². The number of carbonyl (C=O) groups excluding carboxylic acids is 1. The van der Waals surface area contributed by atoms with Gasteiger partial charge in [0.1, 0.15) is 5.37 Å². The lowest BCUT2D eigenvalue weighted by Gasteiger charge is -2.30. The van der Waals surface area contributed by atoms with Crippen LogP contribution in [-0.4, -0.2) is 35.8 Å². The van der Waals surface area contributed by atoms with Crippen molar-refractivity contribution in [2.24, 2.45) is 0 Å². The number of carboxylic acid groups (broad SMARTS) is 1. The molecule has 2 amide bonds. The fourth-order valence-electron chi connectivity index (χ4n) is 1.75. The fourth-order valence-corrected chi connectivity index (χ4v) is 3.31. The summed E-state index contributed by atoms with van der Waals surface area (Å²) in [6.45, 7) is 1.18. The normalized spacial score (nSPS) is 22.1. The minimum absolute atomic E-state index is 0.104. The molecule has 90 valence electrons. The van der Waals surface area contributed by atoms with Crippen LogP contribution in [0.1, 0.15) is 17.3 Å². The molecule has 1 unspecified atom stereocenters. The molecule has 6 nitrogen and oxygen atoms in total. The Hall–Kier alpha value is -1.89. The Kier molecular flexibility index (Phi) is 2.43. The molecule has 1 aliphatic rings. The predicted octanol–water partition coefficient (Wildman–Crippen LogP) is 0.940. The number of fused-ring (bicyclic) bond motifs is 1. The van der Waals surface area contributed by atoms with Crippen molar-refractivity contribution in [3.63, 3.8) is 0 Å². The third-order valence-corrected chi connectivity index (χ3v) is 4.74. The van der Waals surface area contributed by atoms with Gasteiger partial charge in [-0.05, 0) is 19.1 Å². The van der Waals surface area contributed by atoms with Gasteiger partial charge in [-0.1, -0.05) is 12.1 Å². The van der Waals surface area contributed by atoms with Crippen molar-refractivity contribution >= 4 is 21.8 Å². The summed E-state index contributed by atoms with van der Waals surface area (Å²) >= 11 is 0. The summed E-state index contributed by atoms with van der Waals surface area (Å²) in [5.74, 6) is -0.810. The molecule has 1 atom stereocenters. The summed E-state index contributed by atoms with van der Waals surface area (Å²) in [4.78, 5) is 23.0. The minimum Gasteiger partial charge on any atom is -0.465 e. The topological polar surface area (TPSA) is 91.8 Å². The predicted molar refractivity (Wildman–Crippen MR) is 57.3 cm³/mol. The second-order valence-electron chi connectivity index (χ2n) is 3.60. The molecule has 1 aromatic carbocycles. The minimum atomic E-state index is -3.82. The van der Waals surface area contributed by atoms with Gasteiger partial charge in [0.2, 0.25) is 9.84 Å². The van der Waals surface area contributed by atoms with Crippen molar-refractivity contribution in [1.82, 2.24) is 4.90 Å². The van der Waals surface area contributed by atoms with Crippen molar-refractivity contribution in [1.29, 1.82) is 0 Å². The Balaban J connectivity index is 2.75. The van der Waals surface area contributed by atoms with Crippen LogP contribution in [-0.2, 0) is 9.84 Å². The summed E-state index contributed by atoms with van der Waals surface area (Å²) < 4.78 is 24.0. The molecule has 7 heteroatoms. The lowest BCUT2D eigenvalue weighted by Crippen LogP contribution is -2.50. The van der Waals surface area contributed by atoms with E-state index in [0.29, 0.717) is 4.90 Å². The summed E-state index contributed by atoms with van der Waals surface area (Å²) in [6, 6.07) is 5.59. The van der Waals surface area contributed by atoms with E-state index < -0.39 is 27.2 Å². The zero-order chi connectivity index (χ0) is 12.8. The highest BCUT2D eigenvalue weighted by atomic mass is 32.2. The first kappa shape index (κ1) is 11.6. The second-order valence-corrected chi connectivity index (χ2v) is 5.81. The molecule has 0 bridgehead atoms. The first-order valence-electron chi connectivity index (χ1n) is 4.77. The van der Waals surface area contributed by atoms with Gasteiger partial charge in [-0.3, -0.25) is 4.79 Å². The summed E-state index contributed by atoms with van der Waals surface area (Å²) in [5.41, 5.74) is -0.104. The molecule has 0 fully saturated rings. The molecular formula is C10H9NO5S. The second kappa shape index (κ2) is 3.56. The highest BCUT2D eigenvalue weighted by Crippen LogP contribution is 2.29. The summed E-state index contributed by atoms with van der Waals surface area (Å²) in [7, 11) is -3.82. The molecule has 1 aromatic rings. The van der Waals surface area contributed by atoms with Gasteiger partial charge in [-0.25, -0.2) is 18.1 Å². The van der Waals surface area contributed by atoms with Crippen molar-refractivity contribution < 1.29 is 23.1 Å². The third-order valence-electron chi connectivity index (χ3n) is 2.66. The van der Waals surface area contributed by atoms with Gasteiger partial charge < -0.3 is 5.11 Å². The zero-order valence-corrected chi connectivity index (χ0v) is 9.64. The van der Waals surface area contributed by atoms with Crippen LogP contribution < -0.4 is 0 Å². The third kappa shape index (κ3) is 1.50. The molecule has 0 saturated carbocycles. The molecule has 0 saturated heterocycles. The SMILES string of the molecule is CC1N(C(=O)O)C(=O)c2ccccc2S1(=O)=O. The number of benzene rings is 1. The number of amides is 2. The van der Waals surface area contributed by atoms with Gasteiger partial charge in [-0.2, -0.15) is 0 Å². The first-order chi connectivity index (χ1) is 7.87. The number of carbonyl (C=O) groups is 2. The van der Waals surface area contributed by atoms with Gasteiger partial charge in [0.05, 0.1) is 10.5 Å². The first-order valence-corrected chi connectivity index (χ1v) is 6.31. The van der Waals surface area contributed by atoms with Crippen molar-refractivity contribution in [3.05, 3.63) is 29.8 Å². The number of hydrogen-bond donors (Lipinski definition) is 1. The standard InChI is InChI=1S/C10H9NO5S/c1-6-11(10(13)14)9(12)7-4-2-3-5-8(7)17(6,15)16/h2-6H,1H3,(H,13,14). The van der Waals surface area contributed by atoms with E-state index in [1.165, 1.54) is 31.2 Å². The smallest absolute Gasteiger partial charge is 0.415 e. The number of rotatable bonds is 0. The van der Waals surface area contributed by atoms with Crippen molar-refractivity contribution in [2.75, 3.05) is 0 Å². The lowest BCUT2D eigenvalue weighted by atomic mass is 10.2. The molecule has 17 heavy (non-hydrogen) atoms. The Morgan fingerprint density at radius 2 is 1.94 bits per heavy atom. The fraction of sp³-hybridized carbons (Fsp3) is 0.200. The maximum Gasteiger partial charge on any atom is 0.415 e. The van der Waals surface area contributed by atoms with E-state index in [4.69, 9.17) is 5.11 Å². The zero-order valence-electron chi connectivity index (χ0n) is 8.82. The number of nitrogens with zero attached hydrogens (tertiary/aromatic N) is 1. The van der Waals surface area contributed by atoms with Gasteiger partial charge in [0.15, 0.2) is 0 Å². The van der Waals surface area contributed by atoms with Crippen LogP contribution in [0.15, 0.2) is 29.2 Å². The van der Waals surface area contributed by atoms with E-state index in [1.54, 1.807) is 0 Å². The Morgan fingerprint density at radius 3 is 2.53 bits per heavy atom. The van der Waals surface area contributed by atoms with Gasteiger partial charge in [-0.15, -0.1) is 0 Å². The molecule has 2 rings (SSSR count). The Morgan fingerprint density at radius 1 is 1.35 bits per heavy atom. The molecule has 1 aliphatic heterocycles. The van der Waals surface area contributed by atoms with E-state index in [-0.39, 0.29) is 10.5 Å². The van der Waals surface area contributed by atoms with Gasteiger partial charge >= 0.3 is 6.09 Å². The van der Waals surface area contributed by atoms with Crippen LogP contribution in [0.4, 0.5) is 4.79 Å². The van der Waals surface area contributed by atoms with Crippen LogP contribution in [0.5, 0.6) is 0 Å². The largest absolute Gasteiger partial charge is 0.465 e. The maximum atomic E-state index is 12.0. The average Bonchev–Trinajstić information content (AvgIpc) is 2.27. The van der Waals surface area contributed by atoms with E-state index in [1.807, 2.05) is 0 Å². The lowest BCUT2D eigenvalue weighted by molar-refractivity contribution is 0.0714. The van der Waals surface area contributed by atoms with E-state index in [2.05, 4.69) is 0 Å². The van der Waals surface area contributed by atoms with Crippen LogP contribution in [0.25, 0.3) is 0 Å². The number of hydrogen-bond acceptors (Lipinski definition) is 4. The maximum absolute atomic E-state index is 12.0. The van der Waals surface area contributed by atoms with Crippen LogP contribution in [0.3, 0.4) is 0 Å². The van der Waals surface area contributed by atoms with E-state index in [0.717, 1.165) is 0 Å². The van der Waals surface area contributed by atoms with Crippen LogP contribution >= 0.6 is 0 Å². The molecule has 1 N–H and O–H groups in total. The van der Waals surface area contributed by atoms with Crippen molar-refractivity contribution in [3.8, 4) is 0 Å².